The summed E-state index contributed by atoms with van der Waals surface area (Å²) >= 11 is 5.98. The molecule has 21 heavy (non-hydrogen) atoms. The quantitative estimate of drug-likeness (QED) is 0.909. The number of halogens is 1. The number of carbonyl (C=O) groups is 1. The zero-order valence-electron chi connectivity index (χ0n) is 11.1. The molecule has 2 fully saturated rings. The summed E-state index contributed by atoms with van der Waals surface area (Å²) in [4.78, 5) is 10.8. The Kier molecular flexibility index (Phi) is 3.48. The number of carboxylic acids is 1. The number of rotatable bonds is 3. The predicted octanol–water partition coefficient (Wildman–Crippen LogP) is 1.59. The second-order valence-electron chi connectivity index (χ2n) is 5.30. The molecule has 0 saturated carbocycles. The van der Waals surface area contributed by atoms with Gasteiger partial charge in [-0.25, -0.2) is 13.2 Å². The zero-order chi connectivity index (χ0) is 15.3. The molecular formula is C13H14ClNO5S. The first kappa shape index (κ1) is 14.8. The highest BCUT2D eigenvalue weighted by molar-refractivity contribution is 7.89. The van der Waals surface area contributed by atoms with Gasteiger partial charge in [0.05, 0.1) is 22.7 Å². The summed E-state index contributed by atoms with van der Waals surface area (Å²) in [6.07, 6.45) is 1.45. The fourth-order valence-electron chi connectivity index (χ4n) is 2.85. The van der Waals surface area contributed by atoms with Crippen molar-refractivity contribution in [3.63, 3.8) is 0 Å². The third-order valence-electron chi connectivity index (χ3n) is 4.14. The van der Waals surface area contributed by atoms with Crippen molar-refractivity contribution < 1.29 is 23.1 Å². The van der Waals surface area contributed by atoms with E-state index >= 15 is 0 Å². The van der Waals surface area contributed by atoms with E-state index in [0.717, 1.165) is 12.5 Å². The molecule has 6 nitrogen and oxygen atoms in total. The Hall–Kier alpha value is -1.15. The summed E-state index contributed by atoms with van der Waals surface area (Å²) < 4.78 is 32.2. The number of carboxylic acid groups (broad SMARTS) is 1. The molecule has 0 radical (unpaired) electrons. The summed E-state index contributed by atoms with van der Waals surface area (Å²) in [6, 6.07) is 3.66. The van der Waals surface area contributed by atoms with Crippen LogP contribution in [0.25, 0.3) is 0 Å². The van der Waals surface area contributed by atoms with Crippen molar-refractivity contribution in [1.29, 1.82) is 0 Å². The number of sulfonamides is 1. The number of aromatic carboxylic acids is 1. The van der Waals surface area contributed by atoms with Crippen LogP contribution in [0.2, 0.25) is 5.02 Å². The first-order chi connectivity index (χ1) is 9.87. The molecule has 8 heteroatoms. The van der Waals surface area contributed by atoms with Gasteiger partial charge in [-0.15, -0.1) is 0 Å². The lowest BCUT2D eigenvalue weighted by Crippen LogP contribution is -2.62. The van der Waals surface area contributed by atoms with Crippen molar-refractivity contribution >= 4 is 27.6 Å². The monoisotopic (exact) mass is 331 g/mol. The molecule has 0 aliphatic carbocycles. The SMILES string of the molecule is O=C(O)c1ccc(S(=O)(=O)N2CCC23CCOC3)c(Cl)c1. The van der Waals surface area contributed by atoms with E-state index in [1.165, 1.54) is 16.4 Å². The third-order valence-corrected chi connectivity index (χ3v) is 6.63. The number of benzene rings is 1. The number of ether oxygens (including phenoxy) is 1. The van der Waals surface area contributed by atoms with Crippen molar-refractivity contribution in [3.05, 3.63) is 28.8 Å². The average Bonchev–Trinajstić information content (AvgIpc) is 2.87. The highest BCUT2D eigenvalue weighted by Gasteiger charge is 2.53. The second-order valence-corrected chi connectivity index (χ2v) is 7.54. The van der Waals surface area contributed by atoms with Gasteiger partial charge in [-0.1, -0.05) is 11.6 Å². The highest BCUT2D eigenvalue weighted by atomic mass is 35.5. The first-order valence-electron chi connectivity index (χ1n) is 6.50. The average molecular weight is 332 g/mol. The molecule has 2 saturated heterocycles. The lowest BCUT2D eigenvalue weighted by Gasteiger charge is -2.48. The molecule has 2 heterocycles. The van der Waals surface area contributed by atoms with Gasteiger partial charge in [-0.3, -0.25) is 0 Å². The summed E-state index contributed by atoms with van der Waals surface area (Å²) in [6.45, 7) is 1.39. The summed E-state index contributed by atoms with van der Waals surface area (Å²) in [7, 11) is -3.74. The predicted molar refractivity (Wildman–Crippen MR) is 75.1 cm³/mol. The van der Waals surface area contributed by atoms with Crippen LogP contribution in [-0.4, -0.2) is 49.1 Å². The van der Waals surface area contributed by atoms with Gasteiger partial charge in [0.15, 0.2) is 0 Å². The van der Waals surface area contributed by atoms with Crippen LogP contribution in [0.4, 0.5) is 0 Å². The minimum Gasteiger partial charge on any atom is -0.478 e. The molecule has 1 atom stereocenters. The molecule has 0 bridgehead atoms. The third kappa shape index (κ3) is 2.24. The Morgan fingerprint density at radius 2 is 2.14 bits per heavy atom. The summed E-state index contributed by atoms with van der Waals surface area (Å²) in [5, 5.41) is 8.83. The molecule has 2 aliphatic rings. The second kappa shape index (κ2) is 4.95. The molecule has 1 unspecified atom stereocenters. The first-order valence-corrected chi connectivity index (χ1v) is 8.32. The molecule has 1 N–H and O–H groups in total. The van der Waals surface area contributed by atoms with Crippen molar-refractivity contribution in [1.82, 2.24) is 4.31 Å². The van der Waals surface area contributed by atoms with Crippen LogP contribution in [0.15, 0.2) is 23.1 Å². The van der Waals surface area contributed by atoms with E-state index in [1.54, 1.807) is 0 Å². The maximum atomic E-state index is 12.7. The molecule has 0 amide bonds. The molecule has 2 aliphatic heterocycles. The molecular weight excluding hydrogens is 318 g/mol. The van der Waals surface area contributed by atoms with Gasteiger partial charge in [0, 0.05) is 13.2 Å². The Bertz CT molecular complexity index is 697. The minimum atomic E-state index is -3.74. The highest BCUT2D eigenvalue weighted by Crippen LogP contribution is 2.42. The summed E-state index contributed by atoms with van der Waals surface area (Å²) in [5.41, 5.74) is -0.491. The number of hydrogen-bond donors (Lipinski definition) is 1. The van der Waals surface area contributed by atoms with Crippen LogP contribution in [0.3, 0.4) is 0 Å². The van der Waals surface area contributed by atoms with Gasteiger partial charge in [-0.2, -0.15) is 4.31 Å². The van der Waals surface area contributed by atoms with Gasteiger partial charge in [0.1, 0.15) is 4.90 Å². The minimum absolute atomic E-state index is 0.0403. The van der Waals surface area contributed by atoms with Gasteiger partial charge in [0.25, 0.3) is 0 Å². The molecule has 114 valence electrons. The van der Waals surface area contributed by atoms with E-state index in [-0.39, 0.29) is 15.5 Å². The van der Waals surface area contributed by atoms with Crippen molar-refractivity contribution in [2.75, 3.05) is 19.8 Å². The topological polar surface area (TPSA) is 83.9 Å². The standard InChI is InChI=1S/C13H14ClNO5S/c14-10-7-9(12(16)17)1-2-11(10)21(18,19)15-5-3-13(15)4-6-20-8-13/h1-2,7H,3-6,8H2,(H,16,17). The maximum absolute atomic E-state index is 12.7. The maximum Gasteiger partial charge on any atom is 0.335 e. The fourth-order valence-corrected chi connectivity index (χ4v) is 5.18. The normalized spacial score (nSPS) is 26.0. The van der Waals surface area contributed by atoms with Gasteiger partial charge >= 0.3 is 5.97 Å². The molecule has 3 rings (SSSR count). The van der Waals surface area contributed by atoms with Crippen molar-refractivity contribution in [3.8, 4) is 0 Å². The Balaban J connectivity index is 1.97. The van der Waals surface area contributed by atoms with E-state index in [4.69, 9.17) is 21.4 Å². The van der Waals surface area contributed by atoms with E-state index < -0.39 is 21.5 Å². The Morgan fingerprint density at radius 1 is 1.38 bits per heavy atom. The fraction of sp³-hybridized carbons (Fsp3) is 0.462. The largest absolute Gasteiger partial charge is 0.478 e. The van der Waals surface area contributed by atoms with Crippen molar-refractivity contribution in [2.45, 2.75) is 23.3 Å². The van der Waals surface area contributed by atoms with Gasteiger partial charge in [0.2, 0.25) is 10.0 Å². The van der Waals surface area contributed by atoms with Crippen LogP contribution in [0.5, 0.6) is 0 Å². The van der Waals surface area contributed by atoms with Crippen LogP contribution in [0.1, 0.15) is 23.2 Å². The van der Waals surface area contributed by atoms with Gasteiger partial charge < -0.3 is 9.84 Å². The molecule has 0 aromatic heterocycles. The van der Waals surface area contributed by atoms with E-state index in [1.807, 2.05) is 0 Å². The van der Waals surface area contributed by atoms with E-state index in [2.05, 4.69) is 0 Å². The van der Waals surface area contributed by atoms with Crippen LogP contribution in [0, 0.1) is 0 Å². The number of nitrogens with zero attached hydrogens (tertiary/aromatic N) is 1. The lowest BCUT2D eigenvalue weighted by atomic mass is 9.87. The van der Waals surface area contributed by atoms with Crippen LogP contribution >= 0.6 is 11.6 Å². The Morgan fingerprint density at radius 3 is 2.62 bits per heavy atom. The van der Waals surface area contributed by atoms with Crippen LogP contribution < -0.4 is 0 Å². The molecule has 1 aromatic carbocycles. The molecule has 1 aromatic rings. The van der Waals surface area contributed by atoms with Crippen molar-refractivity contribution in [2.24, 2.45) is 0 Å². The van der Waals surface area contributed by atoms with E-state index in [0.29, 0.717) is 26.2 Å². The molecule has 1 spiro atoms. The Labute approximate surface area is 127 Å². The smallest absolute Gasteiger partial charge is 0.335 e. The van der Waals surface area contributed by atoms with Crippen LogP contribution in [-0.2, 0) is 14.8 Å². The number of hydrogen-bond acceptors (Lipinski definition) is 4. The van der Waals surface area contributed by atoms with E-state index in [9.17, 15) is 13.2 Å². The van der Waals surface area contributed by atoms with Gasteiger partial charge in [-0.05, 0) is 31.0 Å². The summed E-state index contributed by atoms with van der Waals surface area (Å²) in [5.74, 6) is -1.15. The lowest BCUT2D eigenvalue weighted by molar-refractivity contribution is 0.0525. The zero-order valence-corrected chi connectivity index (χ0v) is 12.7.